The first kappa shape index (κ1) is 14.2. The smallest absolute Gasteiger partial charge is 0.0542 e. The van der Waals surface area contributed by atoms with Crippen molar-refractivity contribution in [3.8, 4) is 0 Å². The van der Waals surface area contributed by atoms with Crippen molar-refractivity contribution in [2.24, 2.45) is 5.92 Å². The first-order valence-corrected chi connectivity index (χ1v) is 9.01. The van der Waals surface area contributed by atoms with Gasteiger partial charge in [0.25, 0.3) is 0 Å². The van der Waals surface area contributed by atoms with Crippen molar-refractivity contribution in [3.05, 3.63) is 30.3 Å². The third kappa shape index (κ3) is 4.14. The zero-order valence-electron chi connectivity index (χ0n) is 12.0. The highest BCUT2D eigenvalue weighted by Crippen LogP contribution is 2.29. The van der Waals surface area contributed by atoms with Gasteiger partial charge in [-0.25, -0.2) is 0 Å². The molecule has 1 aromatic carbocycles. The Morgan fingerprint density at radius 1 is 1.00 bits per heavy atom. The van der Waals surface area contributed by atoms with Crippen LogP contribution in [0, 0.1) is 5.92 Å². The quantitative estimate of drug-likeness (QED) is 0.799. The molecule has 0 amide bonds. The highest BCUT2D eigenvalue weighted by molar-refractivity contribution is 7.85. The molecule has 0 unspecified atom stereocenters. The fourth-order valence-corrected chi connectivity index (χ4v) is 3.88. The maximum atomic E-state index is 12.2. The Labute approximate surface area is 124 Å². The third-order valence-electron chi connectivity index (χ3n) is 4.28. The molecule has 1 aliphatic carbocycles. The molecule has 3 nitrogen and oxygen atoms in total. The summed E-state index contributed by atoms with van der Waals surface area (Å²) in [6.45, 7) is 6.92. The van der Waals surface area contributed by atoms with Crippen molar-refractivity contribution in [2.45, 2.75) is 17.7 Å². The van der Waals surface area contributed by atoms with Gasteiger partial charge in [0.15, 0.2) is 0 Å². The number of piperazine rings is 1. The molecule has 4 heteroatoms. The largest absolute Gasteiger partial charge is 0.301 e. The summed E-state index contributed by atoms with van der Waals surface area (Å²) in [5.74, 6) is 1.75. The summed E-state index contributed by atoms with van der Waals surface area (Å²) in [6, 6.07) is 9.82. The molecule has 0 spiro atoms. The Balaban J connectivity index is 1.38. The van der Waals surface area contributed by atoms with E-state index >= 15 is 0 Å². The molecule has 1 heterocycles. The van der Waals surface area contributed by atoms with E-state index in [2.05, 4.69) is 9.80 Å². The molecule has 1 saturated heterocycles. The molecule has 110 valence electrons. The van der Waals surface area contributed by atoms with E-state index in [1.165, 1.54) is 32.5 Å². The summed E-state index contributed by atoms with van der Waals surface area (Å²) in [6.07, 6.45) is 2.88. The van der Waals surface area contributed by atoms with E-state index in [0.29, 0.717) is 0 Å². The Hall–Kier alpha value is -0.710. The van der Waals surface area contributed by atoms with Crippen molar-refractivity contribution in [3.63, 3.8) is 0 Å². The number of benzene rings is 1. The number of rotatable bonds is 6. The van der Waals surface area contributed by atoms with Crippen molar-refractivity contribution in [1.29, 1.82) is 0 Å². The van der Waals surface area contributed by atoms with Gasteiger partial charge in [-0.3, -0.25) is 9.11 Å². The zero-order chi connectivity index (χ0) is 13.8. The average molecular weight is 292 g/mol. The van der Waals surface area contributed by atoms with Crippen LogP contribution in [0.15, 0.2) is 35.2 Å². The van der Waals surface area contributed by atoms with E-state index in [4.69, 9.17) is 0 Å². The second-order valence-electron chi connectivity index (χ2n) is 5.95. The highest BCUT2D eigenvalue weighted by atomic mass is 32.2. The van der Waals surface area contributed by atoms with Gasteiger partial charge in [-0.1, -0.05) is 18.2 Å². The van der Waals surface area contributed by atoms with Gasteiger partial charge in [-0.05, 0) is 30.9 Å². The number of hydrogen-bond acceptors (Lipinski definition) is 3. The molecule has 1 atom stereocenters. The van der Waals surface area contributed by atoms with Crippen LogP contribution in [0.3, 0.4) is 0 Å². The molecule has 3 rings (SSSR count). The van der Waals surface area contributed by atoms with Gasteiger partial charge in [0, 0.05) is 49.9 Å². The summed E-state index contributed by atoms with van der Waals surface area (Å²) < 4.78 is 12.2. The Morgan fingerprint density at radius 3 is 2.30 bits per heavy atom. The molecule has 0 N–H and O–H groups in total. The van der Waals surface area contributed by atoms with Crippen molar-refractivity contribution in [1.82, 2.24) is 9.80 Å². The normalized spacial score (nSPS) is 22.8. The fourth-order valence-electron chi connectivity index (χ4n) is 2.76. The maximum absolute atomic E-state index is 12.2. The SMILES string of the molecule is O=[S@@](CCN1CCN(CC2CC2)CC1)c1ccccc1. The minimum Gasteiger partial charge on any atom is -0.301 e. The van der Waals surface area contributed by atoms with E-state index in [0.717, 1.165) is 36.2 Å². The molecular weight excluding hydrogens is 268 g/mol. The van der Waals surface area contributed by atoms with E-state index in [1.807, 2.05) is 30.3 Å². The molecule has 1 aromatic rings. The summed E-state index contributed by atoms with van der Waals surface area (Å²) in [5, 5.41) is 0. The molecule has 0 radical (unpaired) electrons. The standard InChI is InChI=1S/C16H24N2OS/c19-20(16-4-2-1-3-5-16)13-12-17-8-10-18(11-9-17)14-15-6-7-15/h1-5,15H,6-14H2/t20-/m0/s1. The third-order valence-corrected chi connectivity index (χ3v) is 5.63. The number of nitrogens with zero attached hydrogens (tertiary/aromatic N) is 2. The van der Waals surface area contributed by atoms with E-state index in [9.17, 15) is 4.21 Å². The zero-order valence-corrected chi connectivity index (χ0v) is 12.9. The Bertz CT molecular complexity index is 439. The van der Waals surface area contributed by atoms with Crippen molar-refractivity contribution < 1.29 is 4.21 Å². The van der Waals surface area contributed by atoms with Crippen LogP contribution in [-0.4, -0.2) is 59.0 Å². The predicted octanol–water partition coefficient (Wildman–Crippen LogP) is 1.82. The van der Waals surface area contributed by atoms with Gasteiger partial charge < -0.3 is 4.90 Å². The van der Waals surface area contributed by atoms with E-state index in [-0.39, 0.29) is 0 Å². The average Bonchev–Trinajstić information content (AvgIpc) is 3.31. The first-order chi connectivity index (χ1) is 9.81. The molecule has 20 heavy (non-hydrogen) atoms. The van der Waals surface area contributed by atoms with Gasteiger partial charge in [-0.2, -0.15) is 0 Å². The second-order valence-corrected chi connectivity index (χ2v) is 7.52. The maximum Gasteiger partial charge on any atom is 0.0542 e. The van der Waals surface area contributed by atoms with Crippen LogP contribution in [0.2, 0.25) is 0 Å². The van der Waals surface area contributed by atoms with Gasteiger partial charge in [-0.15, -0.1) is 0 Å². The molecule has 2 fully saturated rings. The lowest BCUT2D eigenvalue weighted by Gasteiger charge is -2.34. The fraction of sp³-hybridized carbons (Fsp3) is 0.625. The van der Waals surface area contributed by atoms with Crippen LogP contribution >= 0.6 is 0 Å². The van der Waals surface area contributed by atoms with Crippen LogP contribution in [-0.2, 0) is 10.8 Å². The van der Waals surface area contributed by atoms with Crippen LogP contribution in [0.25, 0.3) is 0 Å². The van der Waals surface area contributed by atoms with Gasteiger partial charge in [0.2, 0.25) is 0 Å². The minimum atomic E-state index is -0.848. The molecule has 1 aliphatic heterocycles. The summed E-state index contributed by atoms with van der Waals surface area (Å²) in [4.78, 5) is 6.02. The van der Waals surface area contributed by atoms with Crippen molar-refractivity contribution in [2.75, 3.05) is 45.0 Å². The van der Waals surface area contributed by atoms with Gasteiger partial charge in [0.1, 0.15) is 0 Å². The van der Waals surface area contributed by atoms with E-state index in [1.54, 1.807) is 0 Å². The summed E-state index contributed by atoms with van der Waals surface area (Å²) in [7, 11) is -0.848. The summed E-state index contributed by atoms with van der Waals surface area (Å²) >= 11 is 0. The lowest BCUT2D eigenvalue weighted by atomic mass is 10.3. The van der Waals surface area contributed by atoms with Gasteiger partial charge >= 0.3 is 0 Å². The topological polar surface area (TPSA) is 23.6 Å². The van der Waals surface area contributed by atoms with Crippen molar-refractivity contribution >= 4 is 10.8 Å². The lowest BCUT2D eigenvalue weighted by molar-refractivity contribution is 0.134. The first-order valence-electron chi connectivity index (χ1n) is 7.69. The minimum absolute atomic E-state index is 0.757. The molecule has 0 aromatic heterocycles. The molecule has 1 saturated carbocycles. The second kappa shape index (κ2) is 6.83. The molecule has 2 aliphatic rings. The molecule has 0 bridgehead atoms. The Morgan fingerprint density at radius 2 is 1.65 bits per heavy atom. The van der Waals surface area contributed by atoms with Crippen LogP contribution in [0.4, 0.5) is 0 Å². The van der Waals surface area contributed by atoms with E-state index < -0.39 is 10.8 Å². The lowest BCUT2D eigenvalue weighted by Crippen LogP contribution is -2.47. The van der Waals surface area contributed by atoms with Gasteiger partial charge in [0.05, 0.1) is 10.8 Å². The predicted molar refractivity (Wildman–Crippen MR) is 83.3 cm³/mol. The Kier molecular flexibility index (Phi) is 4.86. The van der Waals surface area contributed by atoms with Crippen LogP contribution in [0.1, 0.15) is 12.8 Å². The monoisotopic (exact) mass is 292 g/mol. The van der Waals surface area contributed by atoms with Crippen LogP contribution in [0.5, 0.6) is 0 Å². The van der Waals surface area contributed by atoms with Crippen LogP contribution < -0.4 is 0 Å². The number of hydrogen-bond donors (Lipinski definition) is 0. The highest BCUT2D eigenvalue weighted by Gasteiger charge is 2.26. The summed E-state index contributed by atoms with van der Waals surface area (Å²) in [5.41, 5.74) is 0. The molecular formula is C16H24N2OS.